The largest absolute Gasteiger partial charge is 0.387 e. The number of hydrogen-bond acceptors (Lipinski definition) is 1. The van der Waals surface area contributed by atoms with Gasteiger partial charge in [-0.3, -0.25) is 5.41 Å². The SMILES string of the molecule is CC(C)C(=N)N=C(N)C(C)C. The lowest BCUT2D eigenvalue weighted by molar-refractivity contribution is 0.845. The minimum Gasteiger partial charge on any atom is -0.387 e. The third kappa shape index (κ3) is 3.75. The lowest BCUT2D eigenvalue weighted by Crippen LogP contribution is -2.21. The number of hydrogen-bond donors (Lipinski definition) is 2. The predicted molar refractivity (Wildman–Crippen MR) is 49.0 cm³/mol. The molecule has 0 aromatic heterocycles. The summed E-state index contributed by atoms with van der Waals surface area (Å²) in [4.78, 5) is 3.95. The summed E-state index contributed by atoms with van der Waals surface area (Å²) in [5.41, 5.74) is 5.56. The van der Waals surface area contributed by atoms with Crippen LogP contribution in [0.5, 0.6) is 0 Å². The number of nitrogens with zero attached hydrogens (tertiary/aromatic N) is 1. The van der Waals surface area contributed by atoms with Crippen molar-refractivity contribution >= 4 is 11.7 Å². The van der Waals surface area contributed by atoms with Crippen LogP contribution in [0.4, 0.5) is 0 Å². The highest BCUT2D eigenvalue weighted by Gasteiger charge is 2.03. The molecule has 0 bridgehead atoms. The second-order valence-electron chi connectivity index (χ2n) is 3.23. The van der Waals surface area contributed by atoms with Gasteiger partial charge in [-0.1, -0.05) is 27.7 Å². The smallest absolute Gasteiger partial charge is 0.125 e. The van der Waals surface area contributed by atoms with Gasteiger partial charge in [-0.15, -0.1) is 0 Å². The lowest BCUT2D eigenvalue weighted by atomic mass is 10.2. The van der Waals surface area contributed by atoms with Crippen molar-refractivity contribution < 1.29 is 0 Å². The Morgan fingerprint density at radius 2 is 1.64 bits per heavy atom. The third-order valence-electron chi connectivity index (χ3n) is 1.39. The van der Waals surface area contributed by atoms with Crippen LogP contribution in [0, 0.1) is 17.2 Å². The van der Waals surface area contributed by atoms with Crippen molar-refractivity contribution in [2.45, 2.75) is 27.7 Å². The molecular weight excluding hydrogens is 138 g/mol. The van der Waals surface area contributed by atoms with Gasteiger partial charge < -0.3 is 5.73 Å². The molecule has 0 radical (unpaired) electrons. The zero-order valence-electron chi connectivity index (χ0n) is 7.68. The van der Waals surface area contributed by atoms with Crippen molar-refractivity contribution in [1.29, 1.82) is 5.41 Å². The minimum absolute atomic E-state index is 0.160. The van der Waals surface area contributed by atoms with E-state index < -0.39 is 0 Å². The van der Waals surface area contributed by atoms with E-state index in [1.54, 1.807) is 0 Å². The standard InChI is InChI=1S/C8H17N3/c1-5(2)7(9)11-8(10)6(3)4/h5-6H,1-4H3,(H3,9,10,11). The second kappa shape index (κ2) is 4.11. The average Bonchev–Trinajstić information content (AvgIpc) is 1.87. The molecule has 3 N–H and O–H groups in total. The molecule has 0 saturated carbocycles. The Morgan fingerprint density at radius 1 is 1.18 bits per heavy atom. The zero-order chi connectivity index (χ0) is 9.02. The van der Waals surface area contributed by atoms with E-state index in [0.717, 1.165) is 0 Å². The number of nitrogens with two attached hydrogens (primary N) is 1. The van der Waals surface area contributed by atoms with E-state index >= 15 is 0 Å². The predicted octanol–water partition coefficient (Wildman–Crippen LogP) is 1.63. The van der Waals surface area contributed by atoms with Crippen LogP contribution in [0.25, 0.3) is 0 Å². The van der Waals surface area contributed by atoms with E-state index in [2.05, 4.69) is 4.99 Å². The number of nitrogens with one attached hydrogen (secondary N) is 1. The van der Waals surface area contributed by atoms with Crippen LogP contribution in [-0.4, -0.2) is 11.7 Å². The fourth-order valence-corrected chi connectivity index (χ4v) is 0.397. The molecule has 0 saturated heterocycles. The van der Waals surface area contributed by atoms with E-state index in [9.17, 15) is 0 Å². The molecule has 0 aliphatic rings. The highest BCUT2D eigenvalue weighted by atomic mass is 14.9. The van der Waals surface area contributed by atoms with Crippen LogP contribution >= 0.6 is 0 Å². The Kier molecular flexibility index (Phi) is 3.79. The van der Waals surface area contributed by atoms with Gasteiger partial charge in [0.15, 0.2) is 0 Å². The van der Waals surface area contributed by atoms with Crippen molar-refractivity contribution in [1.82, 2.24) is 0 Å². The Labute approximate surface area is 68.2 Å². The van der Waals surface area contributed by atoms with Crippen molar-refractivity contribution in [2.24, 2.45) is 22.6 Å². The lowest BCUT2D eigenvalue weighted by Gasteiger charge is -2.06. The molecular formula is C8H17N3. The average molecular weight is 155 g/mol. The maximum Gasteiger partial charge on any atom is 0.125 e. The number of amidine groups is 2. The van der Waals surface area contributed by atoms with Gasteiger partial charge >= 0.3 is 0 Å². The van der Waals surface area contributed by atoms with Crippen LogP contribution < -0.4 is 5.73 Å². The second-order valence-corrected chi connectivity index (χ2v) is 3.23. The molecule has 3 heteroatoms. The molecule has 64 valence electrons. The van der Waals surface area contributed by atoms with Crippen LogP contribution in [0.15, 0.2) is 4.99 Å². The molecule has 0 heterocycles. The summed E-state index contributed by atoms with van der Waals surface area (Å²) in [5.74, 6) is 1.29. The Morgan fingerprint density at radius 3 is 1.91 bits per heavy atom. The molecule has 0 fully saturated rings. The first kappa shape index (κ1) is 10.1. The van der Waals surface area contributed by atoms with Gasteiger partial charge in [0.2, 0.25) is 0 Å². The topological polar surface area (TPSA) is 62.2 Å². The van der Waals surface area contributed by atoms with E-state index in [-0.39, 0.29) is 11.8 Å². The third-order valence-corrected chi connectivity index (χ3v) is 1.39. The highest BCUT2D eigenvalue weighted by Crippen LogP contribution is 1.98. The highest BCUT2D eigenvalue weighted by molar-refractivity contribution is 5.96. The van der Waals surface area contributed by atoms with E-state index in [0.29, 0.717) is 11.7 Å². The minimum atomic E-state index is 0.160. The van der Waals surface area contributed by atoms with Crippen molar-refractivity contribution in [3.8, 4) is 0 Å². The van der Waals surface area contributed by atoms with Gasteiger partial charge in [-0.05, 0) is 0 Å². The van der Waals surface area contributed by atoms with Crippen molar-refractivity contribution in [3.05, 3.63) is 0 Å². The van der Waals surface area contributed by atoms with Crippen molar-refractivity contribution in [2.75, 3.05) is 0 Å². The quantitative estimate of drug-likeness (QED) is 0.462. The van der Waals surface area contributed by atoms with E-state index in [1.165, 1.54) is 0 Å². The summed E-state index contributed by atoms with van der Waals surface area (Å²) in [5, 5.41) is 7.40. The first-order valence-electron chi connectivity index (χ1n) is 3.87. The van der Waals surface area contributed by atoms with Gasteiger partial charge in [0.05, 0.1) is 0 Å². The molecule has 0 aromatic rings. The first-order chi connectivity index (χ1) is 4.95. The first-order valence-corrected chi connectivity index (χ1v) is 3.87. The van der Waals surface area contributed by atoms with Gasteiger partial charge in [0.1, 0.15) is 11.7 Å². The van der Waals surface area contributed by atoms with Crippen LogP contribution in [0.3, 0.4) is 0 Å². The summed E-state index contributed by atoms with van der Waals surface area (Å²) in [6.45, 7) is 7.79. The maximum absolute atomic E-state index is 7.40. The summed E-state index contributed by atoms with van der Waals surface area (Å²) in [7, 11) is 0. The van der Waals surface area contributed by atoms with Gasteiger partial charge in [0.25, 0.3) is 0 Å². The Hall–Kier alpha value is -0.860. The summed E-state index contributed by atoms with van der Waals surface area (Å²) < 4.78 is 0. The van der Waals surface area contributed by atoms with Gasteiger partial charge in [-0.25, -0.2) is 4.99 Å². The van der Waals surface area contributed by atoms with Gasteiger partial charge in [0, 0.05) is 11.8 Å². The fraction of sp³-hybridized carbons (Fsp3) is 0.750. The van der Waals surface area contributed by atoms with E-state index in [1.807, 2.05) is 27.7 Å². The fourth-order valence-electron chi connectivity index (χ4n) is 0.397. The summed E-state index contributed by atoms with van der Waals surface area (Å²) in [6.07, 6.45) is 0. The Bertz CT molecular complexity index is 168. The monoisotopic (exact) mass is 155 g/mol. The molecule has 0 unspecified atom stereocenters. The molecule has 0 spiro atoms. The molecule has 0 aliphatic carbocycles. The Balaban J connectivity index is 4.20. The summed E-state index contributed by atoms with van der Waals surface area (Å²) in [6, 6.07) is 0. The molecule has 0 aliphatic heterocycles. The van der Waals surface area contributed by atoms with Crippen LogP contribution in [0.1, 0.15) is 27.7 Å². The summed E-state index contributed by atoms with van der Waals surface area (Å²) >= 11 is 0. The van der Waals surface area contributed by atoms with E-state index in [4.69, 9.17) is 11.1 Å². The molecule has 0 amide bonds. The van der Waals surface area contributed by atoms with Crippen LogP contribution in [0.2, 0.25) is 0 Å². The number of rotatable bonds is 2. The molecule has 0 aromatic carbocycles. The molecule has 11 heavy (non-hydrogen) atoms. The molecule has 3 nitrogen and oxygen atoms in total. The van der Waals surface area contributed by atoms with Crippen LogP contribution in [-0.2, 0) is 0 Å². The van der Waals surface area contributed by atoms with Crippen molar-refractivity contribution in [3.63, 3.8) is 0 Å². The van der Waals surface area contributed by atoms with Gasteiger partial charge in [-0.2, -0.15) is 0 Å². The molecule has 0 rings (SSSR count). The number of aliphatic imine (C=N–C) groups is 1. The normalized spacial score (nSPS) is 12.7. The zero-order valence-corrected chi connectivity index (χ0v) is 7.68. The molecule has 0 atom stereocenters. The maximum atomic E-state index is 7.40.